The molecule has 0 atom stereocenters. The summed E-state index contributed by atoms with van der Waals surface area (Å²) in [7, 11) is 1.59. The van der Waals surface area contributed by atoms with Crippen molar-refractivity contribution < 1.29 is 13.9 Å². The molecule has 1 aliphatic heterocycles. The third kappa shape index (κ3) is 4.24. The first-order chi connectivity index (χ1) is 14.6. The molecule has 6 nitrogen and oxygen atoms in total. The zero-order valence-corrected chi connectivity index (χ0v) is 17.4. The second-order valence-corrected chi connectivity index (χ2v) is 7.57. The SMILES string of the molecule is CCc1ccc(C(=O)N2CCN(Cc3cc(=O)oc4cc(OC)ccc34)CC2)cc1. The van der Waals surface area contributed by atoms with E-state index in [0.29, 0.717) is 31.0 Å². The number of carbonyl (C=O) groups excluding carboxylic acids is 1. The van der Waals surface area contributed by atoms with Crippen LogP contribution in [0.25, 0.3) is 11.0 Å². The van der Waals surface area contributed by atoms with Gasteiger partial charge in [0.05, 0.1) is 7.11 Å². The smallest absolute Gasteiger partial charge is 0.336 e. The molecule has 0 radical (unpaired) electrons. The number of nitrogens with zero attached hydrogens (tertiary/aromatic N) is 2. The van der Waals surface area contributed by atoms with Gasteiger partial charge in [0.1, 0.15) is 11.3 Å². The number of hydrogen-bond acceptors (Lipinski definition) is 5. The molecule has 1 amide bonds. The Morgan fingerprint density at radius 3 is 2.43 bits per heavy atom. The van der Waals surface area contributed by atoms with Gasteiger partial charge in [-0.2, -0.15) is 0 Å². The number of rotatable bonds is 5. The summed E-state index contributed by atoms with van der Waals surface area (Å²) in [6.45, 7) is 5.60. The molecule has 3 aromatic rings. The van der Waals surface area contributed by atoms with Gasteiger partial charge in [0, 0.05) is 55.8 Å². The molecular weight excluding hydrogens is 380 g/mol. The number of fused-ring (bicyclic) bond motifs is 1. The number of ether oxygens (including phenoxy) is 1. The Labute approximate surface area is 175 Å². The number of benzene rings is 2. The molecule has 1 aliphatic rings. The second-order valence-electron chi connectivity index (χ2n) is 7.57. The number of methoxy groups -OCH3 is 1. The summed E-state index contributed by atoms with van der Waals surface area (Å²) in [5.74, 6) is 0.733. The maximum Gasteiger partial charge on any atom is 0.336 e. The number of hydrogen-bond donors (Lipinski definition) is 0. The quantitative estimate of drug-likeness (QED) is 0.609. The van der Waals surface area contributed by atoms with Gasteiger partial charge in [-0.15, -0.1) is 0 Å². The molecule has 1 aromatic heterocycles. The fourth-order valence-corrected chi connectivity index (χ4v) is 3.88. The van der Waals surface area contributed by atoms with Crippen molar-refractivity contribution in [2.45, 2.75) is 19.9 Å². The van der Waals surface area contributed by atoms with Gasteiger partial charge < -0.3 is 14.1 Å². The Morgan fingerprint density at radius 1 is 1.03 bits per heavy atom. The van der Waals surface area contributed by atoms with Gasteiger partial charge in [-0.3, -0.25) is 9.69 Å². The van der Waals surface area contributed by atoms with Gasteiger partial charge in [0.2, 0.25) is 0 Å². The van der Waals surface area contributed by atoms with Crippen LogP contribution in [0.15, 0.2) is 57.7 Å². The Morgan fingerprint density at radius 2 is 1.77 bits per heavy atom. The minimum atomic E-state index is -0.366. The first kappa shape index (κ1) is 20.2. The lowest BCUT2D eigenvalue weighted by atomic mass is 10.1. The Bertz CT molecular complexity index is 1100. The molecule has 30 heavy (non-hydrogen) atoms. The number of piperazine rings is 1. The molecular formula is C24H26N2O4. The van der Waals surface area contributed by atoms with Crippen molar-refractivity contribution in [3.63, 3.8) is 0 Å². The lowest BCUT2D eigenvalue weighted by molar-refractivity contribution is 0.0629. The Balaban J connectivity index is 1.43. The van der Waals surface area contributed by atoms with Crippen molar-refractivity contribution in [3.8, 4) is 5.75 Å². The average molecular weight is 406 g/mol. The van der Waals surface area contributed by atoms with Crippen LogP contribution < -0.4 is 10.4 Å². The van der Waals surface area contributed by atoms with E-state index >= 15 is 0 Å². The summed E-state index contributed by atoms with van der Waals surface area (Å²) >= 11 is 0. The molecule has 0 saturated carbocycles. The Kier molecular flexibility index (Phi) is 5.86. The van der Waals surface area contributed by atoms with Crippen LogP contribution in [-0.2, 0) is 13.0 Å². The first-order valence-corrected chi connectivity index (χ1v) is 10.3. The molecule has 1 saturated heterocycles. The molecule has 2 aromatic carbocycles. The normalized spacial score (nSPS) is 14.8. The van der Waals surface area contributed by atoms with Crippen molar-refractivity contribution in [1.82, 2.24) is 9.80 Å². The third-order valence-electron chi connectivity index (χ3n) is 5.70. The number of carbonyl (C=O) groups is 1. The maximum absolute atomic E-state index is 12.8. The molecule has 6 heteroatoms. The van der Waals surface area contributed by atoms with E-state index in [9.17, 15) is 9.59 Å². The summed E-state index contributed by atoms with van der Waals surface area (Å²) in [4.78, 5) is 29.0. The molecule has 0 unspecified atom stereocenters. The highest BCUT2D eigenvalue weighted by Gasteiger charge is 2.23. The summed E-state index contributed by atoms with van der Waals surface area (Å²) in [6.07, 6.45) is 0.965. The minimum absolute atomic E-state index is 0.0789. The summed E-state index contributed by atoms with van der Waals surface area (Å²) < 4.78 is 10.6. The van der Waals surface area contributed by atoms with E-state index in [1.807, 2.05) is 41.3 Å². The van der Waals surface area contributed by atoms with E-state index in [2.05, 4.69) is 11.8 Å². The predicted octanol–water partition coefficient (Wildman–Crippen LogP) is 3.32. The number of aryl methyl sites for hydroxylation is 1. The van der Waals surface area contributed by atoms with Gasteiger partial charge in [-0.1, -0.05) is 19.1 Å². The monoisotopic (exact) mass is 406 g/mol. The molecule has 0 bridgehead atoms. The topological polar surface area (TPSA) is 63.0 Å². The molecule has 2 heterocycles. The molecule has 1 fully saturated rings. The molecule has 0 N–H and O–H groups in total. The van der Waals surface area contributed by atoms with Gasteiger partial charge in [-0.05, 0) is 41.8 Å². The van der Waals surface area contributed by atoms with Crippen molar-refractivity contribution in [1.29, 1.82) is 0 Å². The van der Waals surface area contributed by atoms with Crippen LogP contribution in [-0.4, -0.2) is 49.0 Å². The lowest BCUT2D eigenvalue weighted by Crippen LogP contribution is -2.48. The highest BCUT2D eigenvalue weighted by atomic mass is 16.5. The van der Waals surface area contributed by atoms with E-state index < -0.39 is 0 Å². The maximum atomic E-state index is 12.8. The van der Waals surface area contributed by atoms with Crippen LogP contribution >= 0.6 is 0 Å². The molecule has 4 rings (SSSR count). The zero-order valence-electron chi connectivity index (χ0n) is 17.4. The van der Waals surface area contributed by atoms with Crippen LogP contribution in [0, 0.1) is 0 Å². The average Bonchev–Trinajstić information content (AvgIpc) is 2.78. The van der Waals surface area contributed by atoms with E-state index in [4.69, 9.17) is 9.15 Å². The van der Waals surface area contributed by atoms with Crippen LogP contribution in [0.1, 0.15) is 28.4 Å². The van der Waals surface area contributed by atoms with Crippen molar-refractivity contribution in [2.75, 3.05) is 33.3 Å². The molecule has 0 aliphatic carbocycles. The zero-order chi connectivity index (χ0) is 21.1. The highest BCUT2D eigenvalue weighted by Crippen LogP contribution is 2.24. The summed E-state index contributed by atoms with van der Waals surface area (Å²) in [6, 6.07) is 14.9. The summed E-state index contributed by atoms with van der Waals surface area (Å²) in [5.41, 5.74) is 3.06. The van der Waals surface area contributed by atoms with E-state index in [1.54, 1.807) is 19.2 Å². The van der Waals surface area contributed by atoms with Crippen LogP contribution in [0.4, 0.5) is 0 Å². The minimum Gasteiger partial charge on any atom is -0.497 e. The third-order valence-corrected chi connectivity index (χ3v) is 5.70. The first-order valence-electron chi connectivity index (χ1n) is 10.3. The second kappa shape index (κ2) is 8.71. The molecule has 0 spiro atoms. The van der Waals surface area contributed by atoms with E-state index in [0.717, 1.165) is 36.0 Å². The van der Waals surface area contributed by atoms with Crippen LogP contribution in [0.3, 0.4) is 0 Å². The Hall–Kier alpha value is -3.12. The van der Waals surface area contributed by atoms with Crippen molar-refractivity contribution in [2.24, 2.45) is 0 Å². The molecule has 156 valence electrons. The fourth-order valence-electron chi connectivity index (χ4n) is 3.88. The summed E-state index contributed by atoms with van der Waals surface area (Å²) in [5, 5.41) is 0.907. The van der Waals surface area contributed by atoms with Crippen molar-refractivity contribution in [3.05, 3.63) is 75.6 Å². The lowest BCUT2D eigenvalue weighted by Gasteiger charge is -2.35. The van der Waals surface area contributed by atoms with Crippen LogP contribution in [0.2, 0.25) is 0 Å². The van der Waals surface area contributed by atoms with E-state index in [1.165, 1.54) is 5.56 Å². The van der Waals surface area contributed by atoms with Gasteiger partial charge >= 0.3 is 5.63 Å². The standard InChI is InChI=1S/C24H26N2O4/c1-3-17-4-6-18(7-5-17)24(28)26-12-10-25(11-13-26)16-19-14-23(27)30-22-15-20(29-2)8-9-21(19)22/h4-9,14-15H,3,10-13,16H2,1-2H3. The largest absolute Gasteiger partial charge is 0.497 e. The van der Waals surface area contributed by atoms with E-state index in [-0.39, 0.29) is 11.5 Å². The highest BCUT2D eigenvalue weighted by molar-refractivity contribution is 5.94. The van der Waals surface area contributed by atoms with Gasteiger partial charge in [0.15, 0.2) is 0 Å². The van der Waals surface area contributed by atoms with Gasteiger partial charge in [0.25, 0.3) is 5.91 Å². The van der Waals surface area contributed by atoms with Crippen LogP contribution in [0.5, 0.6) is 5.75 Å². The number of amides is 1. The predicted molar refractivity (Wildman–Crippen MR) is 116 cm³/mol. The van der Waals surface area contributed by atoms with Gasteiger partial charge in [-0.25, -0.2) is 4.79 Å². The fraction of sp³-hybridized carbons (Fsp3) is 0.333. The van der Waals surface area contributed by atoms with Crippen molar-refractivity contribution >= 4 is 16.9 Å².